The minimum Gasteiger partial charge on any atom is -0.478 e. The molecule has 1 aromatic rings. The third-order valence-corrected chi connectivity index (χ3v) is 4.80. The fourth-order valence-electron chi connectivity index (χ4n) is 3.31. The van der Waals surface area contributed by atoms with Gasteiger partial charge in [-0.15, -0.1) is 0 Å². The number of aliphatic hydroxyl groups is 3. The zero-order valence-electron chi connectivity index (χ0n) is 14.7. The molecule has 1 aliphatic heterocycles. The van der Waals surface area contributed by atoms with Crippen LogP contribution in [-0.2, 0) is 19.1 Å². The molecule has 0 spiro atoms. The van der Waals surface area contributed by atoms with Gasteiger partial charge in [-0.3, -0.25) is 19.4 Å². The van der Waals surface area contributed by atoms with Gasteiger partial charge in [-0.25, -0.2) is 4.79 Å². The van der Waals surface area contributed by atoms with Gasteiger partial charge in [0.15, 0.2) is 28.6 Å². The molecule has 0 aromatic carbocycles. The van der Waals surface area contributed by atoms with Gasteiger partial charge in [0.2, 0.25) is 0 Å². The third kappa shape index (κ3) is 2.86. The van der Waals surface area contributed by atoms with Crippen molar-refractivity contribution in [3.8, 4) is 0 Å². The highest BCUT2D eigenvalue weighted by molar-refractivity contribution is 6.00. The summed E-state index contributed by atoms with van der Waals surface area (Å²) < 4.78 is 5.41. The zero-order valence-corrected chi connectivity index (χ0v) is 14.7. The molecule has 1 saturated heterocycles. The van der Waals surface area contributed by atoms with Gasteiger partial charge in [-0.05, 0) is 26.8 Å². The van der Waals surface area contributed by atoms with E-state index in [2.05, 4.69) is 4.98 Å². The second-order valence-corrected chi connectivity index (χ2v) is 6.41. The molecule has 0 bridgehead atoms. The molecular weight excluding hydrogens is 362 g/mol. The Morgan fingerprint density at radius 1 is 1.11 bits per heavy atom. The number of rotatable bonds is 6. The van der Waals surface area contributed by atoms with E-state index < -0.39 is 58.4 Å². The molecule has 2 heterocycles. The maximum Gasteiger partial charge on any atom is 0.337 e. The quantitative estimate of drug-likeness (QED) is 0.469. The lowest BCUT2D eigenvalue weighted by Gasteiger charge is -2.38. The number of carbonyl (C=O) groups excluding carboxylic acids is 3. The first kappa shape index (κ1) is 20.8. The summed E-state index contributed by atoms with van der Waals surface area (Å²) in [5, 5.41) is 41.5. The van der Waals surface area contributed by atoms with Crippen LogP contribution >= 0.6 is 0 Å². The molecule has 10 nitrogen and oxygen atoms in total. The van der Waals surface area contributed by atoms with Gasteiger partial charge in [-0.1, -0.05) is 0 Å². The van der Waals surface area contributed by atoms with E-state index in [4.69, 9.17) is 4.74 Å². The number of ketones is 3. The molecule has 0 radical (unpaired) electrons. The average molecular weight is 381 g/mol. The number of carboxylic acids is 1. The normalized spacial score (nSPS) is 31.3. The number of hydrogen-bond donors (Lipinski definition) is 4. The Kier molecular flexibility index (Phi) is 5.30. The van der Waals surface area contributed by atoms with Crippen molar-refractivity contribution in [1.82, 2.24) is 4.98 Å². The Morgan fingerprint density at radius 3 is 2.11 bits per heavy atom. The fourth-order valence-corrected chi connectivity index (χ4v) is 3.31. The van der Waals surface area contributed by atoms with Crippen molar-refractivity contribution >= 4 is 23.3 Å². The molecule has 1 fully saturated rings. The average Bonchev–Trinajstić information content (AvgIpc) is 2.84. The Balaban J connectivity index is 2.80. The minimum atomic E-state index is -2.99. The Bertz CT molecular complexity index is 822. The lowest BCUT2D eigenvalue weighted by atomic mass is 9.70. The van der Waals surface area contributed by atoms with Gasteiger partial charge in [0.05, 0.1) is 5.56 Å². The summed E-state index contributed by atoms with van der Waals surface area (Å²) in [5.74, 6) is -4.61. The maximum absolute atomic E-state index is 12.3. The first-order valence-electron chi connectivity index (χ1n) is 7.88. The molecule has 1 aliphatic rings. The van der Waals surface area contributed by atoms with E-state index in [-0.39, 0.29) is 5.56 Å². The summed E-state index contributed by atoms with van der Waals surface area (Å²) in [5.41, 5.74) is -6.65. The molecule has 1 unspecified atom stereocenters. The van der Waals surface area contributed by atoms with Crippen LogP contribution in [0.15, 0.2) is 18.5 Å². The lowest BCUT2D eigenvalue weighted by Crippen LogP contribution is -2.67. The highest BCUT2D eigenvalue weighted by Crippen LogP contribution is 2.50. The van der Waals surface area contributed by atoms with Crippen molar-refractivity contribution in [3.63, 3.8) is 0 Å². The maximum atomic E-state index is 12.3. The summed E-state index contributed by atoms with van der Waals surface area (Å²) in [6.07, 6.45) is -3.81. The summed E-state index contributed by atoms with van der Waals surface area (Å²) >= 11 is 0. The van der Waals surface area contributed by atoms with Gasteiger partial charge < -0.3 is 25.2 Å². The van der Waals surface area contributed by atoms with E-state index in [1.807, 2.05) is 0 Å². The van der Waals surface area contributed by atoms with Crippen LogP contribution in [0.1, 0.15) is 42.8 Å². The van der Waals surface area contributed by atoms with Gasteiger partial charge >= 0.3 is 5.97 Å². The summed E-state index contributed by atoms with van der Waals surface area (Å²) in [4.78, 5) is 51.3. The molecule has 5 atom stereocenters. The molecule has 4 N–H and O–H groups in total. The molecule has 2 rings (SSSR count). The number of Topliss-reactive ketones (excluding diaryl/α,β-unsaturated/α-hetero) is 3. The summed E-state index contributed by atoms with van der Waals surface area (Å²) in [6.45, 7) is 2.68. The topological polar surface area (TPSA) is 171 Å². The second-order valence-electron chi connectivity index (χ2n) is 6.41. The SMILES string of the molecule is CC(=O)C(O)[C@H]1O[C@@H](c2ccncc2C(=O)O)[C@@](O)(C(C)=O)[C@@]1(O)C(C)=O. The Hall–Kier alpha value is -2.53. The largest absolute Gasteiger partial charge is 0.478 e. The number of ether oxygens (including phenoxy) is 1. The van der Waals surface area contributed by atoms with Gasteiger partial charge in [-0.2, -0.15) is 0 Å². The molecule has 0 aliphatic carbocycles. The van der Waals surface area contributed by atoms with E-state index >= 15 is 0 Å². The smallest absolute Gasteiger partial charge is 0.337 e. The van der Waals surface area contributed by atoms with Gasteiger partial charge in [0.1, 0.15) is 18.3 Å². The van der Waals surface area contributed by atoms with Crippen molar-refractivity contribution in [2.75, 3.05) is 0 Å². The monoisotopic (exact) mass is 381 g/mol. The highest BCUT2D eigenvalue weighted by Gasteiger charge is 2.73. The van der Waals surface area contributed by atoms with Gasteiger partial charge in [0.25, 0.3) is 0 Å². The zero-order chi connectivity index (χ0) is 20.7. The van der Waals surface area contributed by atoms with E-state index in [0.29, 0.717) is 0 Å². The van der Waals surface area contributed by atoms with E-state index in [9.17, 15) is 39.6 Å². The molecule has 27 heavy (non-hydrogen) atoms. The van der Waals surface area contributed by atoms with Crippen molar-refractivity contribution in [1.29, 1.82) is 0 Å². The lowest BCUT2D eigenvalue weighted by molar-refractivity contribution is -0.182. The van der Waals surface area contributed by atoms with Crippen molar-refractivity contribution in [3.05, 3.63) is 29.6 Å². The first-order valence-corrected chi connectivity index (χ1v) is 7.88. The van der Waals surface area contributed by atoms with Crippen LogP contribution in [0.3, 0.4) is 0 Å². The van der Waals surface area contributed by atoms with Crippen molar-refractivity contribution < 1.29 is 44.3 Å². The molecule has 0 saturated carbocycles. The summed E-state index contributed by atoms with van der Waals surface area (Å²) in [7, 11) is 0. The number of nitrogens with zero attached hydrogens (tertiary/aromatic N) is 1. The molecular formula is C17H19NO9. The third-order valence-electron chi connectivity index (χ3n) is 4.80. The molecule has 146 valence electrons. The van der Waals surface area contributed by atoms with Crippen molar-refractivity contribution in [2.45, 2.75) is 50.3 Å². The fraction of sp³-hybridized carbons (Fsp3) is 0.471. The Morgan fingerprint density at radius 2 is 1.67 bits per heavy atom. The van der Waals surface area contributed by atoms with Crippen LogP contribution in [-0.4, -0.2) is 72.1 Å². The number of aromatic nitrogens is 1. The van der Waals surface area contributed by atoms with Crippen LogP contribution in [0.4, 0.5) is 0 Å². The highest BCUT2D eigenvalue weighted by atomic mass is 16.6. The number of aliphatic hydroxyl groups excluding tert-OH is 1. The van der Waals surface area contributed by atoms with Crippen LogP contribution in [0, 0.1) is 0 Å². The molecule has 10 heteroatoms. The predicted molar refractivity (Wildman–Crippen MR) is 86.8 cm³/mol. The van der Waals surface area contributed by atoms with Crippen LogP contribution in [0.2, 0.25) is 0 Å². The van der Waals surface area contributed by atoms with Crippen LogP contribution < -0.4 is 0 Å². The number of hydrogen-bond acceptors (Lipinski definition) is 9. The second kappa shape index (κ2) is 6.89. The Labute approximate surface area is 153 Å². The number of carboxylic acid groups (broad SMARTS) is 1. The van der Waals surface area contributed by atoms with Crippen LogP contribution in [0.25, 0.3) is 0 Å². The van der Waals surface area contributed by atoms with Gasteiger partial charge in [0, 0.05) is 18.0 Å². The molecule has 0 amide bonds. The van der Waals surface area contributed by atoms with Crippen LogP contribution in [0.5, 0.6) is 0 Å². The first-order chi connectivity index (χ1) is 12.4. The summed E-state index contributed by atoms with van der Waals surface area (Å²) in [6, 6.07) is 1.13. The van der Waals surface area contributed by atoms with Crippen molar-refractivity contribution in [2.24, 2.45) is 0 Å². The van der Waals surface area contributed by atoms with E-state index in [1.165, 1.54) is 0 Å². The molecule has 1 aromatic heterocycles. The number of aromatic carboxylic acids is 1. The minimum absolute atomic E-state index is 0.256. The predicted octanol–water partition coefficient (Wildman–Crippen LogP) is -1.19. The standard InChI is InChI=1S/C17H19NO9/c1-7(19)12(22)14-17(26,9(3)21)16(25,8(2)20)13(27-14)10-4-5-18-6-11(10)15(23)24/h4-6,12-14,22,25-26H,1-3H3,(H,23,24)/t12?,13-,14+,16-,17+/m0/s1. The van der Waals surface area contributed by atoms with E-state index in [1.54, 1.807) is 0 Å². The van der Waals surface area contributed by atoms with E-state index in [0.717, 1.165) is 39.2 Å². The number of carbonyl (C=O) groups is 4. The number of pyridine rings is 1.